The molecule has 2 N–H and O–H groups in total. The molecule has 2 saturated heterocycles. The number of hydrogen-bond acceptors (Lipinski definition) is 10. The normalized spacial score (nSPS) is 15.4. The Morgan fingerprint density at radius 2 is 1.49 bits per heavy atom. The summed E-state index contributed by atoms with van der Waals surface area (Å²) in [6, 6.07) is 10.5. The fraction of sp³-hybridized carbons (Fsp3) is 0.393. The Morgan fingerprint density at radius 3 is 2.12 bits per heavy atom. The maximum atomic E-state index is 13.3. The van der Waals surface area contributed by atoms with Crippen molar-refractivity contribution in [3.63, 3.8) is 0 Å². The second kappa shape index (κ2) is 12.5. The van der Waals surface area contributed by atoms with Gasteiger partial charge in [-0.05, 0) is 54.9 Å². The number of ether oxygens (including phenoxy) is 2. The predicted molar refractivity (Wildman–Crippen MR) is 155 cm³/mol. The minimum atomic E-state index is -0.326. The number of aryl methyl sites for hydroxylation is 1. The third-order valence-corrected chi connectivity index (χ3v) is 8.12. The van der Waals surface area contributed by atoms with E-state index >= 15 is 0 Å². The monoisotopic (exact) mass is 579 g/mol. The molecular weight excluding hydrogens is 546 g/mol. The van der Waals surface area contributed by atoms with Crippen LogP contribution in [-0.2, 0) is 0 Å². The Labute approximate surface area is 242 Å². The Morgan fingerprint density at radius 1 is 0.854 bits per heavy atom. The number of piperazine rings is 2. The van der Waals surface area contributed by atoms with E-state index in [0.717, 1.165) is 30.3 Å². The smallest absolute Gasteiger partial charge is 0.269 e. The van der Waals surface area contributed by atoms with Crippen LogP contribution in [0.15, 0.2) is 36.4 Å². The van der Waals surface area contributed by atoms with E-state index in [2.05, 4.69) is 25.1 Å². The summed E-state index contributed by atoms with van der Waals surface area (Å²) in [5.74, 6) is 0.567. The Balaban J connectivity index is 1.35. The van der Waals surface area contributed by atoms with Gasteiger partial charge in [-0.2, -0.15) is 0 Å². The van der Waals surface area contributed by atoms with Gasteiger partial charge < -0.3 is 34.8 Å². The third-order valence-electron chi connectivity index (χ3n) is 7.29. The highest BCUT2D eigenvalue weighted by molar-refractivity contribution is 7.08. The highest BCUT2D eigenvalue weighted by Gasteiger charge is 2.27. The number of nitrogens with one attached hydrogen (secondary N) is 2. The Hall–Kier alpha value is -4.23. The summed E-state index contributed by atoms with van der Waals surface area (Å²) in [4.78, 5) is 45.8. The maximum absolute atomic E-state index is 13.3. The largest absolute Gasteiger partial charge is 0.493 e. The molecule has 0 unspecified atom stereocenters. The molecule has 2 aliphatic heterocycles. The zero-order valence-electron chi connectivity index (χ0n) is 23.3. The van der Waals surface area contributed by atoms with Gasteiger partial charge in [0, 0.05) is 63.5 Å². The molecule has 13 heteroatoms. The summed E-state index contributed by atoms with van der Waals surface area (Å²) in [5, 5.41) is 10.2. The van der Waals surface area contributed by atoms with Crippen LogP contribution < -0.4 is 25.0 Å². The average Bonchev–Trinajstić information content (AvgIpc) is 3.46. The van der Waals surface area contributed by atoms with Crippen molar-refractivity contribution in [2.24, 2.45) is 0 Å². The summed E-state index contributed by atoms with van der Waals surface area (Å²) in [6.45, 7) is 6.56. The van der Waals surface area contributed by atoms with E-state index in [4.69, 9.17) is 9.47 Å². The second-order valence-corrected chi connectivity index (χ2v) is 10.5. The first kappa shape index (κ1) is 28.3. The molecule has 5 rings (SSSR count). The van der Waals surface area contributed by atoms with E-state index in [9.17, 15) is 14.4 Å². The molecule has 3 heterocycles. The van der Waals surface area contributed by atoms with Gasteiger partial charge in [-0.25, -0.2) is 0 Å². The first-order chi connectivity index (χ1) is 19.9. The van der Waals surface area contributed by atoms with E-state index in [-0.39, 0.29) is 17.7 Å². The second-order valence-electron chi connectivity index (χ2n) is 9.76. The lowest BCUT2D eigenvalue weighted by atomic mass is 10.1. The number of methoxy groups -OCH3 is 2. The highest BCUT2D eigenvalue weighted by Crippen LogP contribution is 2.31. The third kappa shape index (κ3) is 6.10. The topological polar surface area (TPSA) is 129 Å². The standard InChI is InChI=1S/C28H33N7O5S/c1-18-25(41-32-31-18)26(36)30-21-16-19(27(37)34-10-8-29-9-11-34)4-6-22(21)33-12-14-35(15-13-33)28(38)20-5-7-23(39-2)24(17-20)40-3/h4-7,16-17,29H,8-15H2,1-3H3,(H,30,36). The Kier molecular flexibility index (Phi) is 8.64. The lowest BCUT2D eigenvalue weighted by Crippen LogP contribution is -2.49. The van der Waals surface area contributed by atoms with Crippen molar-refractivity contribution >= 4 is 40.6 Å². The van der Waals surface area contributed by atoms with E-state index in [1.54, 1.807) is 49.3 Å². The van der Waals surface area contributed by atoms with Crippen molar-refractivity contribution in [2.45, 2.75) is 6.92 Å². The first-order valence-electron chi connectivity index (χ1n) is 13.4. The quantitative estimate of drug-likeness (QED) is 0.432. The van der Waals surface area contributed by atoms with Gasteiger partial charge in [0.15, 0.2) is 11.5 Å². The molecule has 216 valence electrons. The van der Waals surface area contributed by atoms with Crippen LogP contribution in [0.4, 0.5) is 11.4 Å². The molecule has 0 saturated carbocycles. The van der Waals surface area contributed by atoms with Crippen molar-refractivity contribution < 1.29 is 23.9 Å². The summed E-state index contributed by atoms with van der Waals surface area (Å²) >= 11 is 1.03. The van der Waals surface area contributed by atoms with Crippen LogP contribution in [-0.4, -0.2) is 104 Å². The lowest BCUT2D eigenvalue weighted by Gasteiger charge is -2.37. The number of amides is 3. The van der Waals surface area contributed by atoms with Gasteiger partial charge >= 0.3 is 0 Å². The lowest BCUT2D eigenvalue weighted by molar-refractivity contribution is 0.0731. The molecule has 0 radical (unpaired) electrons. The van der Waals surface area contributed by atoms with Crippen LogP contribution in [0.25, 0.3) is 0 Å². The van der Waals surface area contributed by atoms with Crippen LogP contribution >= 0.6 is 11.5 Å². The van der Waals surface area contributed by atoms with Crippen molar-refractivity contribution in [3.8, 4) is 11.5 Å². The number of anilines is 2. The molecular formula is C28H33N7O5S. The van der Waals surface area contributed by atoms with Crippen LogP contribution in [0, 0.1) is 6.92 Å². The van der Waals surface area contributed by atoms with Gasteiger partial charge in [-0.3, -0.25) is 14.4 Å². The SMILES string of the molecule is COc1ccc(C(=O)N2CCN(c3ccc(C(=O)N4CCNCC4)cc3NC(=O)c3snnc3C)CC2)cc1OC. The molecule has 3 aromatic rings. The predicted octanol–water partition coefficient (Wildman–Crippen LogP) is 2.12. The molecule has 0 aliphatic carbocycles. The molecule has 3 amide bonds. The molecule has 12 nitrogen and oxygen atoms in total. The highest BCUT2D eigenvalue weighted by atomic mass is 32.1. The van der Waals surface area contributed by atoms with Crippen LogP contribution in [0.2, 0.25) is 0 Å². The number of nitrogens with zero attached hydrogens (tertiary/aromatic N) is 5. The van der Waals surface area contributed by atoms with Gasteiger partial charge in [0.2, 0.25) is 0 Å². The van der Waals surface area contributed by atoms with E-state index in [1.165, 1.54) is 7.11 Å². The van der Waals surface area contributed by atoms with Gasteiger partial charge in [0.25, 0.3) is 17.7 Å². The molecule has 0 atom stereocenters. The van der Waals surface area contributed by atoms with Crippen molar-refractivity contribution in [3.05, 3.63) is 58.1 Å². The van der Waals surface area contributed by atoms with Gasteiger partial charge in [-0.15, -0.1) is 5.10 Å². The van der Waals surface area contributed by atoms with Gasteiger partial charge in [0.05, 0.1) is 31.3 Å². The number of carbonyl (C=O) groups is 3. The number of hydrogen-bond donors (Lipinski definition) is 2. The fourth-order valence-electron chi connectivity index (χ4n) is 5.02. The average molecular weight is 580 g/mol. The molecule has 41 heavy (non-hydrogen) atoms. The van der Waals surface area contributed by atoms with E-state index < -0.39 is 0 Å². The molecule has 2 aliphatic rings. The van der Waals surface area contributed by atoms with Crippen LogP contribution in [0.3, 0.4) is 0 Å². The van der Waals surface area contributed by atoms with Crippen LogP contribution in [0.1, 0.15) is 36.1 Å². The van der Waals surface area contributed by atoms with Gasteiger partial charge in [0.1, 0.15) is 4.88 Å². The first-order valence-corrected chi connectivity index (χ1v) is 14.2. The zero-order valence-corrected chi connectivity index (χ0v) is 24.1. The number of aromatic nitrogens is 2. The molecule has 0 bridgehead atoms. The number of benzene rings is 2. The summed E-state index contributed by atoms with van der Waals surface area (Å²) < 4.78 is 14.5. The minimum absolute atomic E-state index is 0.0745. The molecule has 2 fully saturated rings. The molecule has 0 spiro atoms. The van der Waals surface area contributed by atoms with E-state index in [0.29, 0.717) is 78.2 Å². The van der Waals surface area contributed by atoms with Crippen molar-refractivity contribution in [1.29, 1.82) is 0 Å². The fourth-order valence-corrected chi connectivity index (χ4v) is 5.57. The summed E-state index contributed by atoms with van der Waals surface area (Å²) in [5.41, 5.74) is 2.89. The maximum Gasteiger partial charge on any atom is 0.269 e. The zero-order chi connectivity index (χ0) is 28.9. The molecule has 2 aromatic carbocycles. The summed E-state index contributed by atoms with van der Waals surface area (Å²) in [7, 11) is 3.09. The summed E-state index contributed by atoms with van der Waals surface area (Å²) in [6.07, 6.45) is 0. The number of carbonyl (C=O) groups excluding carboxylic acids is 3. The Bertz CT molecular complexity index is 1430. The van der Waals surface area contributed by atoms with Crippen molar-refractivity contribution in [2.75, 3.05) is 76.8 Å². The van der Waals surface area contributed by atoms with Crippen LogP contribution in [0.5, 0.6) is 11.5 Å². The van der Waals surface area contributed by atoms with Crippen molar-refractivity contribution in [1.82, 2.24) is 24.7 Å². The van der Waals surface area contributed by atoms with E-state index in [1.807, 2.05) is 11.0 Å². The minimum Gasteiger partial charge on any atom is -0.493 e. The van der Waals surface area contributed by atoms with Gasteiger partial charge in [-0.1, -0.05) is 4.49 Å². The number of rotatable bonds is 7. The molecule has 1 aromatic heterocycles.